The molecule has 126 valence electrons. The van der Waals surface area contributed by atoms with Crippen LogP contribution in [-0.2, 0) is 16.6 Å². The van der Waals surface area contributed by atoms with E-state index in [4.69, 9.17) is 9.15 Å². The average molecular weight is 367 g/mol. The first-order chi connectivity index (χ1) is 11.5. The number of ether oxygens (including phenoxy) is 1. The number of benzene rings is 1. The van der Waals surface area contributed by atoms with E-state index in [9.17, 15) is 12.8 Å². The number of hydrogen-bond donors (Lipinski definition) is 1. The number of methoxy groups -OCH3 is 1. The topological polar surface area (TPSA) is 68.5 Å². The summed E-state index contributed by atoms with van der Waals surface area (Å²) >= 11 is 1.43. The molecule has 0 unspecified atom stereocenters. The van der Waals surface area contributed by atoms with E-state index in [1.54, 1.807) is 12.5 Å². The Balaban J connectivity index is 1.72. The molecule has 0 amide bonds. The zero-order valence-electron chi connectivity index (χ0n) is 12.7. The minimum atomic E-state index is -3.81. The van der Waals surface area contributed by atoms with Crippen LogP contribution in [0.2, 0.25) is 0 Å². The number of nitrogens with one attached hydrogen (secondary N) is 1. The van der Waals surface area contributed by atoms with E-state index >= 15 is 0 Å². The van der Waals surface area contributed by atoms with Crippen molar-refractivity contribution < 1.29 is 22.0 Å². The molecule has 0 aliphatic rings. The summed E-state index contributed by atoms with van der Waals surface area (Å²) in [6.07, 6.45) is 3.20. The SMILES string of the molecule is COc1ccc(S(=O)(=O)NCc2cc(-c3ccoc3)cs2)cc1F. The molecule has 0 saturated heterocycles. The molecular formula is C16H14FNO4S2. The van der Waals surface area contributed by atoms with E-state index < -0.39 is 15.8 Å². The van der Waals surface area contributed by atoms with Crippen LogP contribution in [0.1, 0.15) is 4.88 Å². The highest BCUT2D eigenvalue weighted by Crippen LogP contribution is 2.26. The van der Waals surface area contributed by atoms with Crippen LogP contribution in [0.25, 0.3) is 11.1 Å². The summed E-state index contributed by atoms with van der Waals surface area (Å²) in [6.45, 7) is 0.124. The van der Waals surface area contributed by atoms with E-state index in [0.29, 0.717) is 0 Å². The Labute approximate surface area is 142 Å². The predicted octanol–water partition coefficient (Wildman–Crippen LogP) is 3.63. The monoisotopic (exact) mass is 367 g/mol. The molecule has 0 fully saturated rings. The molecule has 0 aliphatic heterocycles. The number of halogens is 1. The second-order valence-electron chi connectivity index (χ2n) is 4.93. The van der Waals surface area contributed by atoms with Gasteiger partial charge in [-0.2, -0.15) is 0 Å². The summed E-state index contributed by atoms with van der Waals surface area (Å²) in [6, 6.07) is 7.23. The minimum Gasteiger partial charge on any atom is -0.494 e. The summed E-state index contributed by atoms with van der Waals surface area (Å²) in [5.41, 5.74) is 1.89. The molecule has 2 aromatic heterocycles. The third kappa shape index (κ3) is 3.50. The lowest BCUT2D eigenvalue weighted by atomic mass is 10.2. The van der Waals surface area contributed by atoms with E-state index in [1.807, 2.05) is 17.5 Å². The lowest BCUT2D eigenvalue weighted by Crippen LogP contribution is -2.22. The van der Waals surface area contributed by atoms with Crippen LogP contribution in [0.3, 0.4) is 0 Å². The van der Waals surface area contributed by atoms with Crippen molar-refractivity contribution in [1.29, 1.82) is 0 Å². The van der Waals surface area contributed by atoms with Crippen molar-refractivity contribution in [1.82, 2.24) is 4.72 Å². The summed E-state index contributed by atoms with van der Waals surface area (Å²) < 4.78 is 50.5. The molecule has 3 aromatic rings. The van der Waals surface area contributed by atoms with Crippen molar-refractivity contribution in [2.24, 2.45) is 0 Å². The zero-order valence-corrected chi connectivity index (χ0v) is 14.3. The molecule has 8 heteroatoms. The maximum atomic E-state index is 13.7. The van der Waals surface area contributed by atoms with E-state index in [1.165, 1.54) is 30.6 Å². The first-order valence-corrected chi connectivity index (χ1v) is 9.29. The molecule has 0 atom stereocenters. The summed E-state index contributed by atoms with van der Waals surface area (Å²) in [5.74, 6) is -0.726. The highest BCUT2D eigenvalue weighted by Gasteiger charge is 2.17. The van der Waals surface area contributed by atoms with Gasteiger partial charge in [-0.1, -0.05) is 0 Å². The van der Waals surface area contributed by atoms with E-state index in [2.05, 4.69) is 4.72 Å². The standard InChI is InChI=1S/C16H14FNO4S2/c1-21-16-3-2-14(7-15(16)17)24(19,20)18-8-13-6-12(10-23-13)11-4-5-22-9-11/h2-7,9-10,18H,8H2,1H3. The quantitative estimate of drug-likeness (QED) is 0.722. The normalized spacial score (nSPS) is 11.6. The highest BCUT2D eigenvalue weighted by atomic mass is 32.2. The Morgan fingerprint density at radius 1 is 1.25 bits per heavy atom. The first kappa shape index (κ1) is 16.7. The van der Waals surface area contributed by atoms with Gasteiger partial charge in [-0.15, -0.1) is 11.3 Å². The van der Waals surface area contributed by atoms with Crippen LogP contribution >= 0.6 is 11.3 Å². The average Bonchev–Trinajstić information content (AvgIpc) is 3.24. The van der Waals surface area contributed by atoms with Crippen molar-refractivity contribution in [3.05, 3.63) is 58.9 Å². The highest BCUT2D eigenvalue weighted by molar-refractivity contribution is 7.89. The Hall–Kier alpha value is -2.16. The van der Waals surface area contributed by atoms with Crippen molar-refractivity contribution in [2.45, 2.75) is 11.4 Å². The van der Waals surface area contributed by atoms with E-state index in [0.717, 1.165) is 22.1 Å². The molecule has 24 heavy (non-hydrogen) atoms. The molecule has 0 saturated carbocycles. The summed E-state index contributed by atoms with van der Waals surface area (Å²) in [5, 5.41) is 1.92. The van der Waals surface area contributed by atoms with Gasteiger partial charge in [0.1, 0.15) is 0 Å². The summed E-state index contributed by atoms with van der Waals surface area (Å²) in [7, 11) is -2.49. The molecule has 0 spiro atoms. The zero-order chi connectivity index (χ0) is 17.2. The molecule has 0 aliphatic carbocycles. The van der Waals surface area contributed by atoms with Crippen LogP contribution in [0.15, 0.2) is 57.6 Å². The molecule has 1 aromatic carbocycles. The van der Waals surface area contributed by atoms with Crippen molar-refractivity contribution in [2.75, 3.05) is 7.11 Å². The summed E-state index contributed by atoms with van der Waals surface area (Å²) in [4.78, 5) is 0.691. The van der Waals surface area contributed by atoms with Gasteiger partial charge in [0.2, 0.25) is 10.0 Å². The second-order valence-corrected chi connectivity index (χ2v) is 7.70. The Morgan fingerprint density at radius 3 is 2.75 bits per heavy atom. The fraction of sp³-hybridized carbons (Fsp3) is 0.125. The molecule has 5 nitrogen and oxygen atoms in total. The largest absolute Gasteiger partial charge is 0.494 e. The second kappa shape index (κ2) is 6.76. The third-order valence-electron chi connectivity index (χ3n) is 3.38. The third-order valence-corrected chi connectivity index (χ3v) is 5.71. The minimum absolute atomic E-state index is 0.00281. The van der Waals surface area contributed by atoms with Gasteiger partial charge in [-0.3, -0.25) is 0 Å². The van der Waals surface area contributed by atoms with Crippen LogP contribution < -0.4 is 9.46 Å². The van der Waals surface area contributed by atoms with Crippen molar-refractivity contribution in [3.8, 4) is 16.9 Å². The molecule has 0 radical (unpaired) electrons. The van der Waals surface area contributed by atoms with Crippen LogP contribution in [0.4, 0.5) is 4.39 Å². The molecule has 0 bridgehead atoms. The van der Waals surface area contributed by atoms with Crippen LogP contribution in [-0.4, -0.2) is 15.5 Å². The molecule has 3 rings (SSSR count). The fourth-order valence-corrected chi connectivity index (χ4v) is 4.06. The van der Waals surface area contributed by atoms with Gasteiger partial charge in [0.15, 0.2) is 11.6 Å². The van der Waals surface area contributed by atoms with Crippen molar-refractivity contribution >= 4 is 21.4 Å². The first-order valence-electron chi connectivity index (χ1n) is 6.93. The molecule has 2 heterocycles. The van der Waals surface area contributed by atoms with Gasteiger partial charge in [-0.25, -0.2) is 17.5 Å². The van der Waals surface area contributed by atoms with Crippen molar-refractivity contribution in [3.63, 3.8) is 0 Å². The number of sulfonamides is 1. The van der Waals surface area contributed by atoms with Gasteiger partial charge < -0.3 is 9.15 Å². The predicted molar refractivity (Wildman–Crippen MR) is 89.0 cm³/mol. The Bertz CT molecular complexity index is 933. The maximum absolute atomic E-state index is 13.7. The van der Waals surface area contributed by atoms with Gasteiger partial charge in [0.25, 0.3) is 0 Å². The number of thiophene rings is 1. The maximum Gasteiger partial charge on any atom is 0.241 e. The number of hydrogen-bond acceptors (Lipinski definition) is 5. The Morgan fingerprint density at radius 2 is 2.08 bits per heavy atom. The van der Waals surface area contributed by atoms with Crippen LogP contribution in [0, 0.1) is 5.82 Å². The lowest BCUT2D eigenvalue weighted by Gasteiger charge is -2.07. The van der Waals surface area contributed by atoms with Gasteiger partial charge in [-0.05, 0) is 41.3 Å². The lowest BCUT2D eigenvalue weighted by molar-refractivity contribution is 0.385. The van der Waals surface area contributed by atoms with Gasteiger partial charge in [0, 0.05) is 17.0 Å². The van der Waals surface area contributed by atoms with Crippen LogP contribution in [0.5, 0.6) is 5.75 Å². The molecule has 1 N–H and O–H groups in total. The smallest absolute Gasteiger partial charge is 0.241 e. The van der Waals surface area contributed by atoms with Gasteiger partial charge >= 0.3 is 0 Å². The van der Waals surface area contributed by atoms with E-state index in [-0.39, 0.29) is 17.2 Å². The Kier molecular flexibility index (Phi) is 4.70. The molecular weight excluding hydrogens is 353 g/mol. The van der Waals surface area contributed by atoms with Gasteiger partial charge in [0.05, 0.1) is 24.5 Å². The fourth-order valence-electron chi connectivity index (χ4n) is 2.12. The number of rotatable bonds is 6. The number of furan rings is 1.